The molecular formula is C19H22F2N4O3S. The fourth-order valence-electron chi connectivity index (χ4n) is 3.97. The fraction of sp³-hybridized carbons (Fsp3) is 0.474. The Morgan fingerprint density at radius 1 is 1.21 bits per heavy atom. The molecule has 1 aliphatic carbocycles. The van der Waals surface area contributed by atoms with Crippen molar-refractivity contribution in [3.05, 3.63) is 47.3 Å². The monoisotopic (exact) mass is 424 g/mol. The van der Waals surface area contributed by atoms with E-state index in [0.717, 1.165) is 34.6 Å². The number of aromatic nitrogens is 2. The lowest BCUT2D eigenvalue weighted by molar-refractivity contribution is 0.0509. The minimum Gasteiger partial charge on any atom is -0.329 e. The molecule has 2 aliphatic rings. The van der Waals surface area contributed by atoms with E-state index in [1.165, 1.54) is 0 Å². The third-order valence-corrected chi connectivity index (χ3v) is 7.66. The number of nitrogens with zero attached hydrogens (tertiary/aromatic N) is 4. The van der Waals surface area contributed by atoms with Gasteiger partial charge in [0, 0.05) is 32.4 Å². The van der Waals surface area contributed by atoms with E-state index in [0.29, 0.717) is 18.5 Å². The van der Waals surface area contributed by atoms with Crippen molar-refractivity contribution >= 4 is 15.9 Å². The minimum absolute atomic E-state index is 0.0162. The van der Waals surface area contributed by atoms with Gasteiger partial charge in [-0.3, -0.25) is 9.48 Å². The molecule has 1 spiro atoms. The van der Waals surface area contributed by atoms with Gasteiger partial charge in [-0.05, 0) is 37.5 Å². The number of sulfonamides is 1. The molecule has 0 N–H and O–H groups in total. The van der Waals surface area contributed by atoms with Crippen LogP contribution in [0.25, 0.3) is 0 Å². The van der Waals surface area contributed by atoms with Gasteiger partial charge < -0.3 is 4.90 Å². The predicted octanol–water partition coefficient (Wildman–Crippen LogP) is 1.94. The molecule has 0 radical (unpaired) electrons. The van der Waals surface area contributed by atoms with E-state index in [-0.39, 0.29) is 25.5 Å². The van der Waals surface area contributed by atoms with Crippen LogP contribution in [0.5, 0.6) is 0 Å². The van der Waals surface area contributed by atoms with E-state index < -0.39 is 32.1 Å². The zero-order valence-corrected chi connectivity index (χ0v) is 17.0. The van der Waals surface area contributed by atoms with Crippen molar-refractivity contribution in [3.63, 3.8) is 0 Å². The average Bonchev–Trinajstić information content (AvgIpc) is 3.32. The van der Waals surface area contributed by atoms with Crippen molar-refractivity contribution in [1.82, 2.24) is 19.0 Å². The van der Waals surface area contributed by atoms with Crippen molar-refractivity contribution < 1.29 is 22.0 Å². The minimum atomic E-state index is -4.35. The molecule has 1 saturated heterocycles. The Balaban J connectivity index is 1.59. The van der Waals surface area contributed by atoms with E-state index in [1.807, 2.05) is 6.92 Å². The molecule has 1 aromatic carbocycles. The number of aryl methyl sites for hydroxylation is 2. The van der Waals surface area contributed by atoms with Crippen molar-refractivity contribution in [1.29, 1.82) is 0 Å². The van der Waals surface area contributed by atoms with Crippen LogP contribution in [0.2, 0.25) is 0 Å². The van der Waals surface area contributed by atoms with Gasteiger partial charge in [0.25, 0.3) is 5.91 Å². The van der Waals surface area contributed by atoms with Crippen LogP contribution < -0.4 is 0 Å². The Kier molecular flexibility index (Phi) is 4.73. The third-order valence-electron chi connectivity index (χ3n) is 5.76. The summed E-state index contributed by atoms with van der Waals surface area (Å²) in [6.45, 7) is 2.10. The summed E-state index contributed by atoms with van der Waals surface area (Å²) in [4.78, 5) is 13.8. The quantitative estimate of drug-likeness (QED) is 0.752. The van der Waals surface area contributed by atoms with Gasteiger partial charge in [-0.15, -0.1) is 0 Å². The first kappa shape index (κ1) is 20.0. The predicted molar refractivity (Wildman–Crippen MR) is 101 cm³/mol. The molecule has 1 amide bonds. The molecule has 1 saturated carbocycles. The Labute approximate surface area is 168 Å². The van der Waals surface area contributed by atoms with E-state index in [4.69, 9.17) is 0 Å². The Bertz CT molecular complexity index is 1060. The molecule has 1 aromatic heterocycles. The van der Waals surface area contributed by atoms with E-state index >= 15 is 0 Å². The number of carbonyl (C=O) groups is 1. The molecule has 2 fully saturated rings. The lowest BCUT2D eigenvalue weighted by atomic mass is 10.1. The number of rotatable bonds is 4. The number of piperazine rings is 1. The van der Waals surface area contributed by atoms with Crippen LogP contribution in [0, 0.1) is 11.6 Å². The molecule has 7 nitrogen and oxygen atoms in total. The van der Waals surface area contributed by atoms with Crippen LogP contribution in [0.3, 0.4) is 0 Å². The lowest BCUT2D eigenvalue weighted by Crippen LogP contribution is -2.58. The summed E-state index contributed by atoms with van der Waals surface area (Å²) in [5.74, 6) is -2.48. The zero-order valence-electron chi connectivity index (χ0n) is 16.2. The van der Waals surface area contributed by atoms with Crippen molar-refractivity contribution in [3.8, 4) is 0 Å². The average molecular weight is 424 g/mol. The van der Waals surface area contributed by atoms with Gasteiger partial charge in [0.1, 0.15) is 11.6 Å². The van der Waals surface area contributed by atoms with Crippen molar-refractivity contribution in [2.24, 2.45) is 7.05 Å². The van der Waals surface area contributed by atoms with Gasteiger partial charge in [0.2, 0.25) is 10.0 Å². The van der Waals surface area contributed by atoms with Crippen LogP contribution in [-0.2, 0) is 23.5 Å². The maximum atomic E-state index is 14.1. The highest BCUT2D eigenvalue weighted by molar-refractivity contribution is 7.89. The summed E-state index contributed by atoms with van der Waals surface area (Å²) in [5, 5.41) is 4.28. The second kappa shape index (κ2) is 6.88. The van der Waals surface area contributed by atoms with Crippen LogP contribution in [0.1, 0.15) is 35.9 Å². The molecular weight excluding hydrogens is 402 g/mol. The highest BCUT2D eigenvalue weighted by atomic mass is 32.2. The van der Waals surface area contributed by atoms with Gasteiger partial charge in [-0.2, -0.15) is 9.40 Å². The Hall–Kier alpha value is -2.33. The van der Waals surface area contributed by atoms with Crippen LogP contribution in [0.4, 0.5) is 8.78 Å². The summed E-state index contributed by atoms with van der Waals surface area (Å²) in [5.41, 5.74) is 0.607. The summed E-state index contributed by atoms with van der Waals surface area (Å²) in [7, 11) is -2.58. The lowest BCUT2D eigenvalue weighted by Gasteiger charge is -2.41. The van der Waals surface area contributed by atoms with Gasteiger partial charge in [0.05, 0.1) is 5.54 Å². The summed E-state index contributed by atoms with van der Waals surface area (Å²) in [6.07, 6.45) is 2.01. The number of halogens is 2. The third kappa shape index (κ3) is 3.24. The number of amides is 1. The maximum Gasteiger partial charge on any atom is 0.274 e. The van der Waals surface area contributed by atoms with Crippen LogP contribution >= 0.6 is 0 Å². The van der Waals surface area contributed by atoms with Crippen LogP contribution in [0.15, 0.2) is 29.2 Å². The second-order valence-electron chi connectivity index (χ2n) is 7.57. The SMILES string of the molecule is CCc1cc(C(=O)N2CCN(S(=O)(=O)c3c(F)cccc3F)CC23CC3)nn1C. The normalized spacial score (nSPS) is 19.0. The number of benzene rings is 1. The largest absolute Gasteiger partial charge is 0.329 e. The molecule has 0 bridgehead atoms. The number of carbonyl (C=O) groups excluding carboxylic acids is 1. The van der Waals surface area contributed by atoms with E-state index in [1.54, 1.807) is 22.7 Å². The molecule has 0 atom stereocenters. The summed E-state index contributed by atoms with van der Waals surface area (Å²) < 4.78 is 56.7. The Morgan fingerprint density at radius 3 is 2.41 bits per heavy atom. The van der Waals surface area contributed by atoms with Gasteiger partial charge >= 0.3 is 0 Å². The first-order valence-electron chi connectivity index (χ1n) is 9.49. The second-order valence-corrected chi connectivity index (χ2v) is 9.44. The molecule has 10 heteroatoms. The van der Waals surface area contributed by atoms with Gasteiger partial charge in [0.15, 0.2) is 10.6 Å². The van der Waals surface area contributed by atoms with E-state index in [2.05, 4.69) is 5.10 Å². The first-order chi connectivity index (χ1) is 13.7. The highest BCUT2D eigenvalue weighted by Gasteiger charge is 2.55. The fourth-order valence-corrected chi connectivity index (χ4v) is 5.59. The molecule has 1 aliphatic heterocycles. The number of hydrogen-bond donors (Lipinski definition) is 0. The molecule has 0 unspecified atom stereocenters. The van der Waals surface area contributed by atoms with E-state index in [9.17, 15) is 22.0 Å². The molecule has 2 aromatic rings. The van der Waals surface area contributed by atoms with Crippen LogP contribution in [-0.4, -0.2) is 58.5 Å². The topological polar surface area (TPSA) is 75.5 Å². The Morgan fingerprint density at radius 2 is 1.86 bits per heavy atom. The summed E-state index contributed by atoms with van der Waals surface area (Å²) in [6, 6.07) is 4.72. The smallest absolute Gasteiger partial charge is 0.274 e. The molecule has 4 rings (SSSR count). The summed E-state index contributed by atoms with van der Waals surface area (Å²) >= 11 is 0. The number of hydrogen-bond acceptors (Lipinski definition) is 4. The van der Waals surface area contributed by atoms with Gasteiger partial charge in [-0.25, -0.2) is 17.2 Å². The van der Waals surface area contributed by atoms with Gasteiger partial charge in [-0.1, -0.05) is 13.0 Å². The van der Waals surface area contributed by atoms with Crippen molar-refractivity contribution in [2.45, 2.75) is 36.6 Å². The zero-order chi connectivity index (χ0) is 21.0. The first-order valence-corrected chi connectivity index (χ1v) is 10.9. The highest BCUT2D eigenvalue weighted by Crippen LogP contribution is 2.46. The van der Waals surface area contributed by atoms with Crippen molar-refractivity contribution in [2.75, 3.05) is 19.6 Å². The maximum absolute atomic E-state index is 14.1. The molecule has 156 valence electrons. The molecule has 29 heavy (non-hydrogen) atoms. The molecule has 2 heterocycles. The standard InChI is InChI=1S/C19H22F2N4O3S/c1-3-13-11-16(22-23(13)2)18(26)25-10-9-24(12-19(25)7-8-19)29(27,28)17-14(20)5-4-6-15(17)21/h4-6,11H,3,7-10,12H2,1-2H3.